The largest absolute Gasteiger partial charge is 0.465 e. The average Bonchev–Trinajstić information content (AvgIpc) is 2.99. The summed E-state index contributed by atoms with van der Waals surface area (Å²) >= 11 is 0. The van der Waals surface area contributed by atoms with Crippen LogP contribution in [0.15, 0.2) is 29.2 Å². The number of Topliss-reactive ketones (excluding diaryl/α,β-unsaturated/α-hetero) is 1. The van der Waals surface area contributed by atoms with Crippen molar-refractivity contribution in [3.05, 3.63) is 52.3 Å². The van der Waals surface area contributed by atoms with Crippen molar-refractivity contribution < 1.29 is 28.1 Å². The summed E-state index contributed by atoms with van der Waals surface area (Å²) in [5.74, 6) is -1.40. The Morgan fingerprint density at radius 2 is 1.79 bits per heavy atom. The van der Waals surface area contributed by atoms with Crippen LogP contribution in [0.4, 0.5) is 0 Å². The Morgan fingerprint density at radius 1 is 1.14 bits per heavy atom. The summed E-state index contributed by atoms with van der Waals surface area (Å²) < 4.78 is 22.2. The zero-order valence-corrected chi connectivity index (χ0v) is 17.3. The zero-order valence-electron chi connectivity index (χ0n) is 16.5. The molecule has 0 saturated carbocycles. The number of benzene rings is 1. The van der Waals surface area contributed by atoms with E-state index in [-0.39, 0.29) is 16.8 Å². The molecule has 1 aromatic heterocycles. The molecule has 0 aliphatic rings. The molecule has 0 unspecified atom stereocenters. The SMILES string of the molecule is CC[S@@](=O)c1ccccc1C(=O)O[C@@H](C)C(=O)c1[nH]c(C)c(C(=O)OC)c1C. The first-order valence-corrected chi connectivity index (χ1v) is 10.0. The Labute approximate surface area is 165 Å². The summed E-state index contributed by atoms with van der Waals surface area (Å²) in [7, 11) is -0.0755. The van der Waals surface area contributed by atoms with Gasteiger partial charge >= 0.3 is 11.9 Å². The number of H-pyrrole nitrogens is 1. The van der Waals surface area contributed by atoms with Crippen LogP contribution in [0, 0.1) is 13.8 Å². The predicted octanol–water partition coefficient (Wildman–Crippen LogP) is 2.97. The van der Waals surface area contributed by atoms with E-state index in [2.05, 4.69) is 4.98 Å². The molecule has 0 fully saturated rings. The molecule has 1 N–H and O–H groups in total. The highest BCUT2D eigenvalue weighted by Crippen LogP contribution is 2.22. The maximum atomic E-state index is 12.8. The maximum Gasteiger partial charge on any atom is 0.340 e. The molecule has 28 heavy (non-hydrogen) atoms. The molecule has 0 aliphatic heterocycles. The van der Waals surface area contributed by atoms with Gasteiger partial charge in [0.1, 0.15) is 0 Å². The molecular formula is C20H23NO6S. The Balaban J connectivity index is 2.26. The van der Waals surface area contributed by atoms with Crippen molar-refractivity contribution in [2.24, 2.45) is 0 Å². The Hall–Kier alpha value is -2.74. The molecule has 2 aromatic rings. The number of hydrogen-bond acceptors (Lipinski definition) is 6. The number of hydrogen-bond donors (Lipinski definition) is 1. The van der Waals surface area contributed by atoms with Crippen LogP contribution in [0.5, 0.6) is 0 Å². The van der Waals surface area contributed by atoms with Gasteiger partial charge in [0.2, 0.25) is 5.78 Å². The molecule has 2 atom stereocenters. The number of carbonyl (C=O) groups excluding carboxylic acids is 3. The molecule has 0 saturated heterocycles. The standard InChI is InChI=1S/C20H23NO6S/c1-6-28(25)15-10-8-7-9-14(15)19(23)27-13(4)18(22)17-11(2)16(12(3)21-17)20(24)26-5/h7-10,13,21H,6H2,1-5H3/t13-,28+/m0/s1. The zero-order chi connectivity index (χ0) is 21.0. The fourth-order valence-electron chi connectivity index (χ4n) is 2.87. The number of nitrogens with one attached hydrogen (secondary N) is 1. The molecule has 8 heteroatoms. The van der Waals surface area contributed by atoms with Gasteiger partial charge in [-0.15, -0.1) is 0 Å². The van der Waals surface area contributed by atoms with Crippen LogP contribution in [-0.4, -0.2) is 45.9 Å². The fourth-order valence-corrected chi connectivity index (χ4v) is 3.81. The topological polar surface area (TPSA) is 103 Å². The molecule has 7 nitrogen and oxygen atoms in total. The van der Waals surface area contributed by atoms with Gasteiger partial charge in [-0.05, 0) is 38.5 Å². The molecule has 0 spiro atoms. The minimum atomic E-state index is -1.34. The third-order valence-corrected chi connectivity index (χ3v) is 5.71. The van der Waals surface area contributed by atoms with Crippen LogP contribution in [0.1, 0.15) is 56.3 Å². The number of rotatable bonds is 7. The van der Waals surface area contributed by atoms with Gasteiger partial charge in [-0.3, -0.25) is 9.00 Å². The van der Waals surface area contributed by atoms with Gasteiger partial charge in [0.25, 0.3) is 0 Å². The number of aromatic nitrogens is 1. The number of carbonyl (C=O) groups is 3. The first-order valence-electron chi connectivity index (χ1n) is 8.72. The second kappa shape index (κ2) is 8.97. The van der Waals surface area contributed by atoms with Gasteiger partial charge in [-0.1, -0.05) is 19.1 Å². The normalized spacial score (nSPS) is 12.9. The Bertz CT molecular complexity index is 946. The molecule has 150 valence electrons. The van der Waals surface area contributed by atoms with E-state index in [4.69, 9.17) is 9.47 Å². The van der Waals surface area contributed by atoms with E-state index in [0.29, 0.717) is 21.9 Å². The number of methoxy groups -OCH3 is 1. The monoisotopic (exact) mass is 405 g/mol. The summed E-state index contributed by atoms with van der Waals surface area (Å²) in [4.78, 5) is 40.4. The van der Waals surface area contributed by atoms with Gasteiger partial charge in [0.15, 0.2) is 6.10 Å². The van der Waals surface area contributed by atoms with Gasteiger partial charge < -0.3 is 14.5 Å². The molecular weight excluding hydrogens is 382 g/mol. The lowest BCUT2D eigenvalue weighted by molar-refractivity contribution is 0.0313. The van der Waals surface area contributed by atoms with Crippen molar-refractivity contribution in [3.63, 3.8) is 0 Å². The summed E-state index contributed by atoms with van der Waals surface area (Å²) in [5.41, 5.74) is 1.56. The lowest BCUT2D eigenvalue weighted by atomic mass is 10.1. The van der Waals surface area contributed by atoms with E-state index >= 15 is 0 Å². The van der Waals surface area contributed by atoms with E-state index in [1.807, 2.05) is 0 Å². The summed E-state index contributed by atoms with van der Waals surface area (Å²) in [5, 5.41) is 0. The van der Waals surface area contributed by atoms with Crippen molar-refractivity contribution in [2.45, 2.75) is 38.7 Å². The van der Waals surface area contributed by atoms with Crippen molar-refractivity contribution in [1.82, 2.24) is 4.98 Å². The first kappa shape index (κ1) is 21.6. The van der Waals surface area contributed by atoms with Crippen molar-refractivity contribution in [2.75, 3.05) is 12.9 Å². The number of esters is 2. The molecule has 1 aromatic carbocycles. The molecule has 0 amide bonds. The average molecular weight is 405 g/mol. The number of aromatic amines is 1. The second-order valence-corrected chi connectivity index (χ2v) is 7.87. The van der Waals surface area contributed by atoms with Crippen molar-refractivity contribution >= 4 is 28.5 Å². The van der Waals surface area contributed by atoms with Gasteiger partial charge in [-0.25, -0.2) is 9.59 Å². The third-order valence-electron chi connectivity index (χ3n) is 4.34. The van der Waals surface area contributed by atoms with Crippen LogP contribution in [0.25, 0.3) is 0 Å². The molecule has 0 aliphatic carbocycles. The van der Waals surface area contributed by atoms with Crippen LogP contribution in [0.3, 0.4) is 0 Å². The lowest BCUT2D eigenvalue weighted by Crippen LogP contribution is -2.26. The highest BCUT2D eigenvalue weighted by Gasteiger charge is 2.28. The Morgan fingerprint density at radius 3 is 2.39 bits per heavy atom. The number of aryl methyl sites for hydroxylation is 1. The van der Waals surface area contributed by atoms with Gasteiger partial charge in [0.05, 0.1) is 39.6 Å². The van der Waals surface area contributed by atoms with Gasteiger partial charge in [-0.2, -0.15) is 0 Å². The molecule has 0 bridgehead atoms. The van der Waals surface area contributed by atoms with Crippen LogP contribution < -0.4 is 0 Å². The number of ketones is 1. The predicted molar refractivity (Wildman–Crippen MR) is 104 cm³/mol. The van der Waals surface area contributed by atoms with E-state index in [1.54, 1.807) is 39.0 Å². The van der Waals surface area contributed by atoms with E-state index in [1.165, 1.54) is 20.1 Å². The van der Waals surface area contributed by atoms with Crippen molar-refractivity contribution in [3.8, 4) is 0 Å². The first-order chi connectivity index (χ1) is 13.2. The van der Waals surface area contributed by atoms with Gasteiger partial charge in [0, 0.05) is 11.4 Å². The minimum Gasteiger partial charge on any atom is -0.465 e. The Kier molecular flexibility index (Phi) is 6.90. The van der Waals surface area contributed by atoms with Crippen molar-refractivity contribution in [1.29, 1.82) is 0 Å². The summed E-state index contributed by atoms with van der Waals surface area (Å²) in [6, 6.07) is 6.44. The summed E-state index contributed by atoms with van der Waals surface area (Å²) in [6.45, 7) is 6.48. The molecule has 0 radical (unpaired) electrons. The smallest absolute Gasteiger partial charge is 0.340 e. The molecule has 1 heterocycles. The van der Waals surface area contributed by atoms with Crippen LogP contribution in [0.2, 0.25) is 0 Å². The lowest BCUT2D eigenvalue weighted by Gasteiger charge is -2.14. The minimum absolute atomic E-state index is 0.164. The number of ether oxygens (including phenoxy) is 2. The van der Waals surface area contributed by atoms with Crippen LogP contribution >= 0.6 is 0 Å². The highest BCUT2D eigenvalue weighted by molar-refractivity contribution is 7.85. The van der Waals surface area contributed by atoms with E-state index in [0.717, 1.165) is 0 Å². The highest BCUT2D eigenvalue weighted by atomic mass is 32.2. The van der Waals surface area contributed by atoms with Crippen LogP contribution in [-0.2, 0) is 20.3 Å². The maximum absolute atomic E-state index is 12.8. The molecule has 2 rings (SSSR count). The van der Waals surface area contributed by atoms with E-state index in [9.17, 15) is 18.6 Å². The second-order valence-electron chi connectivity index (χ2n) is 6.16. The fraction of sp³-hybridized carbons (Fsp3) is 0.350. The quantitative estimate of drug-likeness (QED) is 0.561. The summed E-state index contributed by atoms with van der Waals surface area (Å²) in [6.07, 6.45) is -1.10. The van der Waals surface area contributed by atoms with E-state index < -0.39 is 34.6 Å². The third kappa shape index (κ3) is 4.22.